The third-order valence-corrected chi connectivity index (χ3v) is 5.02. The van der Waals surface area contributed by atoms with Gasteiger partial charge < -0.3 is 19.7 Å². The van der Waals surface area contributed by atoms with Gasteiger partial charge in [-0.3, -0.25) is 0 Å². The zero-order chi connectivity index (χ0) is 14.8. The molecule has 0 amide bonds. The Labute approximate surface area is 127 Å². The van der Waals surface area contributed by atoms with E-state index in [0.717, 1.165) is 42.2 Å². The number of hydrogen-bond acceptors (Lipinski definition) is 4. The minimum Gasteiger partial charge on any atom is -0.493 e. The molecule has 3 atom stereocenters. The van der Waals surface area contributed by atoms with Crippen molar-refractivity contribution in [2.24, 2.45) is 17.8 Å². The van der Waals surface area contributed by atoms with Gasteiger partial charge in [0.15, 0.2) is 11.5 Å². The molecule has 1 aromatic carbocycles. The van der Waals surface area contributed by atoms with E-state index in [1.54, 1.807) is 14.2 Å². The van der Waals surface area contributed by atoms with Gasteiger partial charge in [0.05, 0.1) is 14.2 Å². The number of fused-ring (bicyclic) bond motifs is 1. The van der Waals surface area contributed by atoms with Crippen LogP contribution in [-0.2, 0) is 6.42 Å². The van der Waals surface area contributed by atoms with Crippen molar-refractivity contribution in [3.05, 3.63) is 23.8 Å². The minimum absolute atomic E-state index is 0.799. The van der Waals surface area contributed by atoms with E-state index in [-0.39, 0.29) is 0 Å². The molecule has 4 heteroatoms. The first-order valence-corrected chi connectivity index (χ1v) is 7.83. The number of ether oxygens (including phenoxy) is 2. The molecule has 3 rings (SSSR count). The first-order chi connectivity index (χ1) is 10.2. The number of hydrogen-bond donors (Lipinski definition) is 1. The highest BCUT2D eigenvalue weighted by Gasteiger charge is 2.52. The number of nitrogens with one attached hydrogen (secondary N) is 1. The normalized spacial score (nSPS) is 26.8. The van der Waals surface area contributed by atoms with Crippen molar-refractivity contribution < 1.29 is 9.47 Å². The summed E-state index contributed by atoms with van der Waals surface area (Å²) in [6.45, 7) is 4.81. The van der Waals surface area contributed by atoms with E-state index in [1.165, 1.54) is 25.2 Å². The van der Waals surface area contributed by atoms with Gasteiger partial charge in [-0.15, -0.1) is 0 Å². The van der Waals surface area contributed by atoms with Crippen molar-refractivity contribution in [1.29, 1.82) is 0 Å². The maximum absolute atomic E-state index is 5.36. The predicted octanol–water partition coefficient (Wildman–Crippen LogP) is 1.64. The van der Waals surface area contributed by atoms with Gasteiger partial charge in [-0.25, -0.2) is 0 Å². The first-order valence-electron chi connectivity index (χ1n) is 7.83. The van der Waals surface area contributed by atoms with Gasteiger partial charge in [0.1, 0.15) is 0 Å². The van der Waals surface area contributed by atoms with Crippen molar-refractivity contribution >= 4 is 0 Å². The molecule has 1 heterocycles. The lowest BCUT2D eigenvalue weighted by molar-refractivity contribution is 0.306. The first kappa shape index (κ1) is 14.7. The molecule has 1 unspecified atom stereocenters. The van der Waals surface area contributed by atoms with Crippen molar-refractivity contribution in [2.75, 3.05) is 47.4 Å². The van der Waals surface area contributed by atoms with Gasteiger partial charge in [-0.2, -0.15) is 0 Å². The predicted molar refractivity (Wildman–Crippen MR) is 84.1 cm³/mol. The van der Waals surface area contributed by atoms with Crippen LogP contribution in [-0.4, -0.2) is 52.3 Å². The molecule has 1 aliphatic heterocycles. The highest BCUT2D eigenvalue weighted by atomic mass is 16.5. The van der Waals surface area contributed by atoms with E-state index < -0.39 is 0 Å². The lowest BCUT2D eigenvalue weighted by atomic mass is 10.1. The van der Waals surface area contributed by atoms with Crippen molar-refractivity contribution in [3.63, 3.8) is 0 Å². The van der Waals surface area contributed by atoms with E-state index in [4.69, 9.17) is 9.47 Å². The fraction of sp³-hybridized carbons (Fsp3) is 0.647. The average molecular weight is 290 g/mol. The molecule has 0 radical (unpaired) electrons. The molecule has 2 fully saturated rings. The third-order valence-electron chi connectivity index (χ3n) is 5.02. The third kappa shape index (κ3) is 3.16. The second-order valence-electron chi connectivity index (χ2n) is 6.35. The average Bonchev–Trinajstić information content (AvgIpc) is 2.94. The Morgan fingerprint density at radius 3 is 2.52 bits per heavy atom. The second kappa shape index (κ2) is 6.24. The molecule has 0 aromatic heterocycles. The summed E-state index contributed by atoms with van der Waals surface area (Å²) >= 11 is 0. The lowest BCUT2D eigenvalue weighted by Gasteiger charge is -2.18. The smallest absolute Gasteiger partial charge is 0.160 e. The van der Waals surface area contributed by atoms with Gasteiger partial charge in [-0.05, 0) is 62.0 Å². The Morgan fingerprint density at radius 2 is 1.86 bits per heavy atom. The van der Waals surface area contributed by atoms with Crippen LogP contribution in [0, 0.1) is 17.8 Å². The van der Waals surface area contributed by atoms with Crippen LogP contribution in [0.1, 0.15) is 5.56 Å². The number of benzene rings is 1. The summed E-state index contributed by atoms with van der Waals surface area (Å²) in [5.41, 5.74) is 1.30. The molecule has 0 spiro atoms. The summed E-state index contributed by atoms with van der Waals surface area (Å²) in [5.74, 6) is 4.46. The van der Waals surface area contributed by atoms with E-state index in [1.807, 2.05) is 6.07 Å². The number of likely N-dealkylation sites (N-methyl/N-ethyl adjacent to an activating group) is 1. The number of piperidine rings is 1. The van der Waals surface area contributed by atoms with Crippen LogP contribution >= 0.6 is 0 Å². The minimum atomic E-state index is 0.799. The largest absolute Gasteiger partial charge is 0.493 e. The molecule has 4 nitrogen and oxygen atoms in total. The quantitative estimate of drug-likeness (QED) is 0.828. The SMILES string of the molecule is COc1ccc(CCN(C)CC2[C@H]3CNC[C@@H]23)cc1OC. The molecular weight excluding hydrogens is 264 g/mol. The van der Waals surface area contributed by atoms with Gasteiger partial charge in [0.25, 0.3) is 0 Å². The zero-order valence-electron chi connectivity index (χ0n) is 13.3. The second-order valence-corrected chi connectivity index (χ2v) is 6.35. The van der Waals surface area contributed by atoms with E-state index >= 15 is 0 Å². The number of nitrogens with zero attached hydrogens (tertiary/aromatic N) is 1. The maximum atomic E-state index is 5.36. The summed E-state index contributed by atoms with van der Waals surface area (Å²) in [4.78, 5) is 2.47. The Balaban J connectivity index is 1.48. The van der Waals surface area contributed by atoms with Crippen LogP contribution in [0.2, 0.25) is 0 Å². The highest BCUT2D eigenvalue weighted by Crippen LogP contribution is 2.48. The van der Waals surface area contributed by atoms with Gasteiger partial charge in [0, 0.05) is 13.1 Å². The van der Waals surface area contributed by atoms with Crippen LogP contribution in [0.5, 0.6) is 11.5 Å². The zero-order valence-corrected chi connectivity index (χ0v) is 13.3. The Kier molecular flexibility index (Phi) is 4.36. The van der Waals surface area contributed by atoms with Crippen molar-refractivity contribution in [2.45, 2.75) is 6.42 Å². The van der Waals surface area contributed by atoms with Crippen molar-refractivity contribution in [1.82, 2.24) is 10.2 Å². The van der Waals surface area contributed by atoms with Crippen LogP contribution in [0.3, 0.4) is 0 Å². The molecule has 0 bridgehead atoms. The van der Waals surface area contributed by atoms with Crippen LogP contribution in [0.25, 0.3) is 0 Å². The highest BCUT2D eigenvalue weighted by molar-refractivity contribution is 5.42. The fourth-order valence-electron chi connectivity index (χ4n) is 3.62. The van der Waals surface area contributed by atoms with E-state index in [9.17, 15) is 0 Å². The fourth-order valence-corrected chi connectivity index (χ4v) is 3.62. The van der Waals surface area contributed by atoms with Crippen molar-refractivity contribution in [3.8, 4) is 11.5 Å². The maximum Gasteiger partial charge on any atom is 0.160 e. The molecule has 1 N–H and O–H groups in total. The van der Waals surface area contributed by atoms with E-state index in [2.05, 4.69) is 29.4 Å². The van der Waals surface area contributed by atoms with Gasteiger partial charge >= 0.3 is 0 Å². The molecule has 1 aliphatic carbocycles. The van der Waals surface area contributed by atoms with Gasteiger partial charge in [0.2, 0.25) is 0 Å². The van der Waals surface area contributed by atoms with Crippen LogP contribution in [0.15, 0.2) is 18.2 Å². The topological polar surface area (TPSA) is 33.7 Å². The standard InChI is InChI=1S/C17H26N2O2/c1-19(11-15-13-9-18-10-14(13)15)7-6-12-4-5-16(20-2)17(8-12)21-3/h4-5,8,13-15,18H,6-7,9-11H2,1-3H3/t13-,14+,15?. The van der Waals surface area contributed by atoms with Crippen LogP contribution < -0.4 is 14.8 Å². The molecule has 116 valence electrons. The Hall–Kier alpha value is -1.26. The summed E-state index contributed by atoms with van der Waals surface area (Å²) < 4.78 is 10.6. The molecule has 21 heavy (non-hydrogen) atoms. The van der Waals surface area contributed by atoms with Crippen LogP contribution in [0.4, 0.5) is 0 Å². The summed E-state index contributed by atoms with van der Waals surface area (Å²) in [6.07, 6.45) is 1.05. The Morgan fingerprint density at radius 1 is 1.14 bits per heavy atom. The Bertz CT molecular complexity index is 482. The monoisotopic (exact) mass is 290 g/mol. The molecular formula is C17H26N2O2. The molecule has 2 aliphatic rings. The molecule has 1 aromatic rings. The summed E-state index contributed by atoms with van der Waals surface area (Å²) in [5, 5.41) is 3.46. The summed E-state index contributed by atoms with van der Waals surface area (Å²) in [7, 11) is 5.60. The number of methoxy groups -OCH3 is 2. The number of rotatable bonds is 7. The van der Waals surface area contributed by atoms with Gasteiger partial charge in [-0.1, -0.05) is 6.07 Å². The summed E-state index contributed by atoms with van der Waals surface area (Å²) in [6, 6.07) is 6.21. The lowest BCUT2D eigenvalue weighted by Crippen LogP contribution is -2.27. The molecule has 1 saturated heterocycles. The van der Waals surface area contributed by atoms with E-state index in [0.29, 0.717) is 0 Å². The molecule has 1 saturated carbocycles.